The molecule has 1 aliphatic carbocycles. The van der Waals surface area contributed by atoms with Gasteiger partial charge in [0.1, 0.15) is 5.75 Å². The van der Waals surface area contributed by atoms with Crippen molar-refractivity contribution in [3.05, 3.63) is 52.0 Å². The van der Waals surface area contributed by atoms with Crippen LogP contribution in [-0.2, 0) is 27.7 Å². The van der Waals surface area contributed by atoms with E-state index in [0.29, 0.717) is 5.75 Å². The first-order chi connectivity index (χ1) is 15.3. The van der Waals surface area contributed by atoms with Gasteiger partial charge in [0.15, 0.2) is 6.61 Å². The van der Waals surface area contributed by atoms with Crippen molar-refractivity contribution in [1.82, 2.24) is 4.72 Å². The number of sulfonamides is 1. The van der Waals surface area contributed by atoms with Crippen molar-refractivity contribution in [1.29, 1.82) is 0 Å². The largest absolute Gasteiger partial charge is 0.484 e. The molecular formula is C24H31BrN2O4S. The predicted molar refractivity (Wildman–Crippen MR) is 131 cm³/mol. The Hall–Kier alpha value is -1.90. The number of amides is 1. The van der Waals surface area contributed by atoms with Crippen LogP contribution in [-0.4, -0.2) is 27.0 Å². The van der Waals surface area contributed by atoms with Crippen LogP contribution in [0.25, 0.3) is 0 Å². The number of nitrogens with one attached hydrogen (secondary N) is 2. The molecule has 0 spiro atoms. The van der Waals surface area contributed by atoms with E-state index in [2.05, 4.69) is 26.0 Å². The number of hydrogen-bond donors (Lipinski definition) is 2. The van der Waals surface area contributed by atoms with Gasteiger partial charge in [0.05, 0.1) is 4.90 Å². The number of carbonyl (C=O) groups excluding carboxylic acids is 1. The van der Waals surface area contributed by atoms with E-state index in [1.54, 1.807) is 12.1 Å². The second-order valence-electron chi connectivity index (χ2n) is 8.07. The van der Waals surface area contributed by atoms with E-state index in [4.69, 9.17) is 4.74 Å². The van der Waals surface area contributed by atoms with Gasteiger partial charge in [-0.15, -0.1) is 0 Å². The summed E-state index contributed by atoms with van der Waals surface area (Å²) in [7, 11) is -3.56. The van der Waals surface area contributed by atoms with Gasteiger partial charge in [0, 0.05) is 16.2 Å². The van der Waals surface area contributed by atoms with Crippen molar-refractivity contribution in [3.8, 4) is 5.75 Å². The lowest BCUT2D eigenvalue weighted by molar-refractivity contribution is -0.118. The number of carbonyl (C=O) groups is 1. The van der Waals surface area contributed by atoms with Crippen molar-refractivity contribution < 1.29 is 17.9 Å². The standard InChI is InChI=1S/C24H31BrN2O4S/c1-3-17-14-19(25)15-18(4-2)24(17)26-23(28)16-31-21-10-12-22(13-11-21)32(29,30)27-20-8-6-5-7-9-20/h10-15,20,27H,3-9,16H2,1-2H3,(H,26,28). The maximum atomic E-state index is 12.6. The predicted octanol–water partition coefficient (Wildman–Crippen LogP) is 5.20. The summed E-state index contributed by atoms with van der Waals surface area (Å²) in [6.07, 6.45) is 6.64. The molecule has 32 heavy (non-hydrogen) atoms. The van der Waals surface area contributed by atoms with Crippen LogP contribution in [0.2, 0.25) is 0 Å². The second-order valence-corrected chi connectivity index (χ2v) is 10.7. The molecule has 0 heterocycles. The Labute approximate surface area is 199 Å². The van der Waals surface area contributed by atoms with Crippen molar-refractivity contribution in [2.75, 3.05) is 11.9 Å². The Morgan fingerprint density at radius 2 is 1.62 bits per heavy atom. The Balaban J connectivity index is 1.59. The molecule has 174 valence electrons. The summed E-state index contributed by atoms with van der Waals surface area (Å²) < 4.78 is 34.6. The Kier molecular flexibility index (Phi) is 8.73. The SMILES string of the molecule is CCc1cc(Br)cc(CC)c1NC(=O)COc1ccc(S(=O)(=O)NC2CCCCC2)cc1. The molecule has 1 aliphatic rings. The molecule has 0 atom stereocenters. The van der Waals surface area contributed by atoms with E-state index in [1.807, 2.05) is 26.0 Å². The van der Waals surface area contributed by atoms with E-state index >= 15 is 0 Å². The Morgan fingerprint density at radius 3 is 2.19 bits per heavy atom. The van der Waals surface area contributed by atoms with Crippen molar-refractivity contribution in [3.63, 3.8) is 0 Å². The van der Waals surface area contributed by atoms with Crippen LogP contribution in [0.4, 0.5) is 5.69 Å². The second kappa shape index (κ2) is 11.3. The molecule has 1 amide bonds. The highest BCUT2D eigenvalue weighted by Gasteiger charge is 2.22. The molecule has 2 aromatic carbocycles. The summed E-state index contributed by atoms with van der Waals surface area (Å²) in [5.41, 5.74) is 2.95. The van der Waals surface area contributed by atoms with Crippen LogP contribution in [0.3, 0.4) is 0 Å². The number of benzene rings is 2. The number of rotatable bonds is 9. The zero-order chi connectivity index (χ0) is 23.1. The van der Waals surface area contributed by atoms with Crippen molar-refractivity contribution >= 4 is 37.5 Å². The molecular weight excluding hydrogens is 492 g/mol. The van der Waals surface area contributed by atoms with Crippen LogP contribution in [0.15, 0.2) is 45.8 Å². The summed E-state index contributed by atoms with van der Waals surface area (Å²) in [6.45, 7) is 3.94. The molecule has 2 aromatic rings. The first kappa shape index (κ1) is 24.7. The van der Waals surface area contributed by atoms with Crippen LogP contribution in [0.5, 0.6) is 5.75 Å². The number of halogens is 1. The maximum Gasteiger partial charge on any atom is 0.262 e. The third-order valence-electron chi connectivity index (χ3n) is 5.72. The molecule has 0 unspecified atom stereocenters. The highest BCUT2D eigenvalue weighted by Crippen LogP contribution is 2.28. The van der Waals surface area contributed by atoms with Crippen LogP contribution < -0.4 is 14.8 Å². The zero-order valence-electron chi connectivity index (χ0n) is 18.6. The lowest BCUT2D eigenvalue weighted by Crippen LogP contribution is -2.36. The van der Waals surface area contributed by atoms with E-state index in [0.717, 1.165) is 59.8 Å². The van der Waals surface area contributed by atoms with E-state index in [9.17, 15) is 13.2 Å². The normalized spacial score (nSPS) is 14.8. The van der Waals surface area contributed by atoms with E-state index in [-0.39, 0.29) is 23.5 Å². The van der Waals surface area contributed by atoms with Crippen LogP contribution in [0.1, 0.15) is 57.1 Å². The van der Waals surface area contributed by atoms with Crippen molar-refractivity contribution in [2.45, 2.75) is 69.7 Å². The first-order valence-electron chi connectivity index (χ1n) is 11.2. The number of aryl methyl sites for hydroxylation is 2. The lowest BCUT2D eigenvalue weighted by atomic mass is 9.96. The topological polar surface area (TPSA) is 84.5 Å². The Bertz CT molecular complexity index is 1010. The van der Waals surface area contributed by atoms with Crippen LogP contribution in [0, 0.1) is 0 Å². The van der Waals surface area contributed by atoms with Gasteiger partial charge in [-0.25, -0.2) is 13.1 Å². The zero-order valence-corrected chi connectivity index (χ0v) is 21.0. The molecule has 1 fully saturated rings. The van der Waals surface area contributed by atoms with E-state index < -0.39 is 10.0 Å². The van der Waals surface area contributed by atoms with Gasteiger partial charge in [-0.2, -0.15) is 0 Å². The molecule has 1 saturated carbocycles. The third-order valence-corrected chi connectivity index (χ3v) is 7.72. The van der Waals surface area contributed by atoms with E-state index in [1.165, 1.54) is 18.6 Å². The van der Waals surface area contributed by atoms with Gasteiger partial charge >= 0.3 is 0 Å². The third kappa shape index (κ3) is 6.56. The summed E-state index contributed by atoms with van der Waals surface area (Å²) in [4.78, 5) is 12.7. The van der Waals surface area contributed by atoms with Gasteiger partial charge in [-0.3, -0.25) is 4.79 Å². The summed E-state index contributed by atoms with van der Waals surface area (Å²) in [5.74, 6) is 0.186. The van der Waals surface area contributed by atoms with Crippen molar-refractivity contribution in [2.24, 2.45) is 0 Å². The fourth-order valence-corrected chi connectivity index (χ4v) is 5.85. The van der Waals surface area contributed by atoms with Crippen LogP contribution >= 0.6 is 15.9 Å². The fraction of sp³-hybridized carbons (Fsp3) is 0.458. The molecule has 0 aliphatic heterocycles. The Morgan fingerprint density at radius 1 is 1.03 bits per heavy atom. The minimum absolute atomic E-state index is 0.00741. The summed E-state index contributed by atoms with van der Waals surface area (Å²) in [5, 5.41) is 2.97. The average Bonchev–Trinajstić information content (AvgIpc) is 2.79. The van der Waals surface area contributed by atoms with Gasteiger partial charge < -0.3 is 10.1 Å². The summed E-state index contributed by atoms with van der Waals surface area (Å²) >= 11 is 3.52. The quantitative estimate of drug-likeness (QED) is 0.473. The smallest absolute Gasteiger partial charge is 0.262 e. The molecule has 2 N–H and O–H groups in total. The molecule has 6 nitrogen and oxygen atoms in total. The first-order valence-corrected chi connectivity index (χ1v) is 13.5. The van der Waals surface area contributed by atoms with Gasteiger partial charge in [0.25, 0.3) is 5.91 Å². The molecule has 0 aromatic heterocycles. The molecule has 0 bridgehead atoms. The number of hydrogen-bond acceptors (Lipinski definition) is 4. The average molecular weight is 523 g/mol. The number of anilines is 1. The monoisotopic (exact) mass is 522 g/mol. The van der Waals surface area contributed by atoms with Gasteiger partial charge in [0.2, 0.25) is 10.0 Å². The highest BCUT2D eigenvalue weighted by molar-refractivity contribution is 9.10. The summed E-state index contributed by atoms with van der Waals surface area (Å²) in [6, 6.07) is 10.2. The van der Waals surface area contributed by atoms with Gasteiger partial charge in [-0.1, -0.05) is 49.0 Å². The highest BCUT2D eigenvalue weighted by atomic mass is 79.9. The number of ether oxygens (including phenoxy) is 1. The molecule has 3 rings (SSSR count). The fourth-order valence-electron chi connectivity index (χ4n) is 3.99. The molecule has 0 saturated heterocycles. The van der Waals surface area contributed by atoms with Gasteiger partial charge in [-0.05, 0) is 73.2 Å². The molecule has 8 heteroatoms. The minimum Gasteiger partial charge on any atom is -0.484 e. The minimum atomic E-state index is -3.56. The lowest BCUT2D eigenvalue weighted by Gasteiger charge is -2.22. The maximum absolute atomic E-state index is 12.6. The molecule has 0 radical (unpaired) electrons.